The van der Waals surface area contributed by atoms with Crippen LogP contribution in [0.4, 0.5) is 0 Å². The summed E-state index contributed by atoms with van der Waals surface area (Å²) in [5, 5.41) is 1.17. The van der Waals surface area contributed by atoms with Gasteiger partial charge in [-0.05, 0) is 22.9 Å². The summed E-state index contributed by atoms with van der Waals surface area (Å²) in [4.78, 5) is 4.61. The molecule has 0 N–H and O–H groups in total. The second-order valence-electron chi connectivity index (χ2n) is 5.95. The standard InChI is InChI=1S/C22H14N.2ClH.Cr/c1-2-9-17-16(6-1)14-21-18(17)10-4-11-19(21)20-12-3-7-15-8-5-13-23-22(15)20;;;/h1-13,17H;2*1H;/q-1;;;+3/p-2. The van der Waals surface area contributed by atoms with Crippen LogP contribution < -0.4 is 24.8 Å². The molecule has 26 heavy (non-hydrogen) atoms. The summed E-state index contributed by atoms with van der Waals surface area (Å²) in [7, 11) is 0. The van der Waals surface area contributed by atoms with E-state index in [1.807, 2.05) is 12.3 Å². The number of fused-ring (bicyclic) bond motifs is 4. The predicted molar refractivity (Wildman–Crippen MR) is 94.1 cm³/mol. The number of rotatable bonds is 1. The van der Waals surface area contributed by atoms with Crippen molar-refractivity contribution >= 4 is 10.9 Å². The minimum Gasteiger partial charge on any atom is -1.00 e. The smallest absolute Gasteiger partial charge is 1.00 e. The molecule has 1 nitrogen and oxygen atoms in total. The maximum atomic E-state index is 4.61. The molecule has 0 aliphatic heterocycles. The number of nitrogens with zero attached hydrogens (tertiary/aromatic N) is 1. The van der Waals surface area contributed by atoms with E-state index in [0.29, 0.717) is 5.92 Å². The maximum absolute atomic E-state index is 4.61. The quantitative estimate of drug-likeness (QED) is 0.475. The number of aromatic nitrogens is 1. The van der Waals surface area contributed by atoms with Gasteiger partial charge in [-0.1, -0.05) is 54.1 Å². The van der Waals surface area contributed by atoms with Gasteiger partial charge in [0.2, 0.25) is 0 Å². The Morgan fingerprint density at radius 2 is 1.62 bits per heavy atom. The number of pyridine rings is 1. The van der Waals surface area contributed by atoms with Gasteiger partial charge in [-0.15, -0.1) is 41.0 Å². The molecule has 1 unspecified atom stereocenters. The van der Waals surface area contributed by atoms with E-state index >= 15 is 0 Å². The van der Waals surface area contributed by atoms with E-state index in [4.69, 9.17) is 0 Å². The average Bonchev–Trinajstić information content (AvgIpc) is 3.00. The molecular weight excluding hydrogens is 401 g/mol. The van der Waals surface area contributed by atoms with Crippen LogP contribution >= 0.6 is 0 Å². The third-order valence-corrected chi connectivity index (χ3v) is 4.65. The van der Waals surface area contributed by atoms with Crippen LogP contribution in [0.5, 0.6) is 0 Å². The Morgan fingerprint density at radius 3 is 2.50 bits per heavy atom. The zero-order chi connectivity index (χ0) is 15.2. The van der Waals surface area contributed by atoms with Gasteiger partial charge in [0.15, 0.2) is 0 Å². The molecule has 2 aliphatic carbocycles. The molecular formula is C22H14Cl2CrN. The van der Waals surface area contributed by atoms with Crippen LogP contribution in [0.25, 0.3) is 22.0 Å². The van der Waals surface area contributed by atoms with E-state index in [1.165, 1.54) is 33.2 Å². The van der Waals surface area contributed by atoms with E-state index in [9.17, 15) is 0 Å². The SMILES string of the molecule is [C-]1=C2C=CC=CC2c2cccc(-c3cccc4cccnc34)c21.[Cl-].[Cl-].[Cr+3]. The number of hydrogen-bond donors (Lipinski definition) is 0. The van der Waals surface area contributed by atoms with Crippen molar-refractivity contribution < 1.29 is 42.2 Å². The van der Waals surface area contributed by atoms with Crippen LogP contribution in [0.15, 0.2) is 84.6 Å². The van der Waals surface area contributed by atoms with Crippen molar-refractivity contribution in [2.75, 3.05) is 0 Å². The first-order valence-electron chi connectivity index (χ1n) is 7.87. The molecule has 127 valence electrons. The Balaban J connectivity index is 0.000000810. The van der Waals surface area contributed by atoms with E-state index in [1.54, 1.807) is 0 Å². The molecule has 0 spiro atoms. The van der Waals surface area contributed by atoms with Crippen LogP contribution in [-0.2, 0) is 17.4 Å². The molecule has 1 aromatic heterocycles. The Labute approximate surface area is 176 Å². The van der Waals surface area contributed by atoms with Crippen molar-refractivity contribution in [1.82, 2.24) is 4.98 Å². The fourth-order valence-electron chi connectivity index (χ4n) is 3.59. The van der Waals surface area contributed by atoms with Crippen molar-refractivity contribution in [3.8, 4) is 11.1 Å². The van der Waals surface area contributed by atoms with Crippen LogP contribution in [0.1, 0.15) is 17.0 Å². The molecule has 0 fully saturated rings. The van der Waals surface area contributed by atoms with Crippen molar-refractivity contribution in [2.24, 2.45) is 0 Å². The first kappa shape index (κ1) is 20.5. The molecule has 5 rings (SSSR count). The van der Waals surface area contributed by atoms with E-state index in [2.05, 4.69) is 77.8 Å². The van der Waals surface area contributed by atoms with Crippen LogP contribution in [-0.4, -0.2) is 4.98 Å². The Kier molecular flexibility index (Phi) is 6.50. The molecule has 0 bridgehead atoms. The van der Waals surface area contributed by atoms with Crippen LogP contribution in [0, 0.1) is 6.08 Å². The molecule has 1 radical (unpaired) electrons. The van der Waals surface area contributed by atoms with E-state index in [-0.39, 0.29) is 42.2 Å². The minimum atomic E-state index is 0. The molecule has 1 heterocycles. The summed E-state index contributed by atoms with van der Waals surface area (Å²) in [5.41, 5.74) is 7.25. The molecule has 4 heteroatoms. The average molecular weight is 415 g/mol. The van der Waals surface area contributed by atoms with Crippen LogP contribution in [0.3, 0.4) is 0 Å². The minimum absolute atomic E-state index is 0. The van der Waals surface area contributed by atoms with Crippen LogP contribution in [0.2, 0.25) is 0 Å². The van der Waals surface area contributed by atoms with Gasteiger partial charge in [-0.2, -0.15) is 0 Å². The van der Waals surface area contributed by atoms with Gasteiger partial charge in [0, 0.05) is 6.20 Å². The van der Waals surface area contributed by atoms with Crippen molar-refractivity contribution in [3.63, 3.8) is 0 Å². The molecule has 1 atom stereocenters. The second kappa shape index (κ2) is 8.25. The van der Waals surface area contributed by atoms with Crippen molar-refractivity contribution in [3.05, 3.63) is 102 Å². The largest absolute Gasteiger partial charge is 3.00 e. The normalized spacial score (nSPS) is 15.8. The Bertz CT molecular complexity index is 1030. The first-order valence-corrected chi connectivity index (χ1v) is 7.87. The van der Waals surface area contributed by atoms with Gasteiger partial charge < -0.3 is 24.8 Å². The predicted octanol–water partition coefficient (Wildman–Crippen LogP) is -0.792. The van der Waals surface area contributed by atoms with Gasteiger partial charge in [0.25, 0.3) is 0 Å². The molecule has 0 saturated heterocycles. The number of halogens is 2. The maximum Gasteiger partial charge on any atom is 3.00 e. The summed E-state index contributed by atoms with van der Waals surface area (Å²) in [5.74, 6) is 0.345. The summed E-state index contributed by atoms with van der Waals surface area (Å²) in [6, 6.07) is 17.0. The van der Waals surface area contributed by atoms with Crippen molar-refractivity contribution in [1.29, 1.82) is 0 Å². The van der Waals surface area contributed by atoms with Gasteiger partial charge in [0.1, 0.15) is 0 Å². The summed E-state index contributed by atoms with van der Waals surface area (Å²) in [6.07, 6.45) is 14.1. The summed E-state index contributed by atoms with van der Waals surface area (Å²) >= 11 is 0. The molecule has 2 aliphatic rings. The Hall–Kier alpha value is -1.82. The van der Waals surface area contributed by atoms with E-state index < -0.39 is 0 Å². The third kappa shape index (κ3) is 3.15. The number of benzene rings is 2. The number of hydrogen-bond acceptors (Lipinski definition) is 1. The number of para-hydroxylation sites is 1. The van der Waals surface area contributed by atoms with Gasteiger partial charge in [-0.3, -0.25) is 4.98 Å². The molecule has 0 saturated carbocycles. The summed E-state index contributed by atoms with van der Waals surface area (Å²) in [6.45, 7) is 0. The fraction of sp³-hybridized carbons (Fsp3) is 0.0455. The summed E-state index contributed by atoms with van der Waals surface area (Å²) < 4.78 is 0. The zero-order valence-electron chi connectivity index (χ0n) is 13.7. The monoisotopic (exact) mass is 414 g/mol. The molecule has 0 amide bonds. The molecule has 3 aromatic rings. The third-order valence-electron chi connectivity index (χ3n) is 4.65. The zero-order valence-corrected chi connectivity index (χ0v) is 16.5. The van der Waals surface area contributed by atoms with Gasteiger partial charge in [0.05, 0.1) is 5.52 Å². The van der Waals surface area contributed by atoms with E-state index in [0.717, 1.165) is 5.52 Å². The fourth-order valence-corrected chi connectivity index (χ4v) is 3.59. The topological polar surface area (TPSA) is 12.9 Å². The second-order valence-corrected chi connectivity index (χ2v) is 5.95. The van der Waals surface area contributed by atoms with Gasteiger partial charge >= 0.3 is 17.4 Å². The molecule has 2 aromatic carbocycles. The Morgan fingerprint density at radius 1 is 0.846 bits per heavy atom. The van der Waals surface area contributed by atoms with Crippen molar-refractivity contribution in [2.45, 2.75) is 5.92 Å². The number of allylic oxidation sites excluding steroid dienone is 5. The van der Waals surface area contributed by atoms with Gasteiger partial charge in [-0.25, -0.2) is 0 Å². The first-order chi connectivity index (χ1) is 11.4.